The Bertz CT molecular complexity index is 698. The Hall–Kier alpha value is -2.67. The van der Waals surface area contributed by atoms with E-state index in [0.717, 1.165) is 5.56 Å². The summed E-state index contributed by atoms with van der Waals surface area (Å²) in [5.74, 6) is -1.13. The number of hydrogen-bond acceptors (Lipinski definition) is 4. The van der Waals surface area contributed by atoms with Crippen molar-refractivity contribution in [2.45, 2.75) is 19.4 Å². The lowest BCUT2D eigenvalue weighted by molar-refractivity contribution is -0.124. The molecule has 1 heterocycles. The molecule has 0 saturated carbocycles. The Kier molecular flexibility index (Phi) is 5.87. The number of amides is 3. The Labute approximate surface area is 137 Å². The van der Waals surface area contributed by atoms with Crippen LogP contribution in [0.3, 0.4) is 0 Å². The van der Waals surface area contributed by atoms with E-state index in [2.05, 4.69) is 10.6 Å². The minimum absolute atomic E-state index is 0.0384. The van der Waals surface area contributed by atoms with Gasteiger partial charge in [0.2, 0.25) is 11.8 Å². The molecule has 0 atom stereocenters. The molecule has 0 aliphatic rings. The SMILES string of the molecule is NC(=O)c1ccsc1NC(=O)CCC(=O)NCc1ccccc1. The van der Waals surface area contributed by atoms with Gasteiger partial charge in [-0.3, -0.25) is 14.4 Å². The van der Waals surface area contributed by atoms with Crippen molar-refractivity contribution < 1.29 is 14.4 Å². The number of anilines is 1. The summed E-state index contributed by atoms with van der Waals surface area (Å²) in [7, 11) is 0. The summed E-state index contributed by atoms with van der Waals surface area (Å²) in [6.45, 7) is 0.429. The van der Waals surface area contributed by atoms with Crippen LogP contribution in [-0.2, 0) is 16.1 Å². The molecule has 2 aromatic rings. The topological polar surface area (TPSA) is 101 Å². The van der Waals surface area contributed by atoms with Gasteiger partial charge in [-0.05, 0) is 17.0 Å². The molecule has 120 valence electrons. The summed E-state index contributed by atoms with van der Waals surface area (Å²) in [5.41, 5.74) is 6.47. The van der Waals surface area contributed by atoms with Gasteiger partial charge >= 0.3 is 0 Å². The highest BCUT2D eigenvalue weighted by atomic mass is 32.1. The predicted molar refractivity (Wildman–Crippen MR) is 89.0 cm³/mol. The molecule has 1 aromatic heterocycles. The van der Waals surface area contributed by atoms with Gasteiger partial charge in [0.25, 0.3) is 5.91 Å². The first-order chi connectivity index (χ1) is 11.1. The molecule has 0 aliphatic heterocycles. The van der Waals surface area contributed by atoms with Gasteiger partial charge in [0.05, 0.1) is 5.56 Å². The van der Waals surface area contributed by atoms with Crippen LogP contribution in [-0.4, -0.2) is 17.7 Å². The van der Waals surface area contributed by atoms with Crippen LogP contribution in [0.4, 0.5) is 5.00 Å². The molecule has 6 nitrogen and oxygen atoms in total. The number of hydrogen-bond donors (Lipinski definition) is 3. The van der Waals surface area contributed by atoms with Crippen LogP contribution in [0.1, 0.15) is 28.8 Å². The summed E-state index contributed by atoms with van der Waals surface area (Å²) < 4.78 is 0. The lowest BCUT2D eigenvalue weighted by atomic mass is 10.2. The molecule has 23 heavy (non-hydrogen) atoms. The average molecular weight is 331 g/mol. The van der Waals surface area contributed by atoms with Crippen LogP contribution < -0.4 is 16.4 Å². The molecule has 0 bridgehead atoms. The second kappa shape index (κ2) is 8.09. The molecule has 0 unspecified atom stereocenters. The predicted octanol–water partition coefficient (Wildman–Crippen LogP) is 1.88. The van der Waals surface area contributed by atoms with Crippen molar-refractivity contribution >= 4 is 34.1 Å². The summed E-state index contributed by atoms with van der Waals surface area (Å²) in [6, 6.07) is 11.1. The van der Waals surface area contributed by atoms with E-state index >= 15 is 0 Å². The van der Waals surface area contributed by atoms with Gasteiger partial charge in [-0.25, -0.2) is 0 Å². The molecule has 1 aromatic carbocycles. The molecule has 0 saturated heterocycles. The molecule has 4 N–H and O–H groups in total. The van der Waals surface area contributed by atoms with Crippen LogP contribution >= 0.6 is 11.3 Å². The molecular formula is C16H17N3O3S. The first kappa shape index (κ1) is 16.7. The minimum atomic E-state index is -0.595. The molecule has 0 fully saturated rings. The van der Waals surface area contributed by atoms with Crippen LogP contribution in [0, 0.1) is 0 Å². The maximum absolute atomic E-state index is 11.8. The first-order valence-corrected chi connectivity index (χ1v) is 7.92. The minimum Gasteiger partial charge on any atom is -0.366 e. The maximum Gasteiger partial charge on any atom is 0.251 e. The van der Waals surface area contributed by atoms with Gasteiger partial charge in [-0.2, -0.15) is 0 Å². The van der Waals surface area contributed by atoms with Crippen molar-refractivity contribution in [3.63, 3.8) is 0 Å². The van der Waals surface area contributed by atoms with E-state index in [1.54, 1.807) is 11.4 Å². The first-order valence-electron chi connectivity index (χ1n) is 7.04. The van der Waals surface area contributed by atoms with Crippen LogP contribution in [0.5, 0.6) is 0 Å². The van der Waals surface area contributed by atoms with Gasteiger partial charge < -0.3 is 16.4 Å². The van der Waals surface area contributed by atoms with Gasteiger partial charge in [0, 0.05) is 19.4 Å². The maximum atomic E-state index is 11.8. The second-order valence-corrected chi connectivity index (χ2v) is 5.75. The van der Waals surface area contributed by atoms with E-state index in [0.29, 0.717) is 11.5 Å². The van der Waals surface area contributed by atoms with Crippen molar-refractivity contribution in [2.24, 2.45) is 5.73 Å². The standard InChI is InChI=1S/C16H17N3O3S/c17-15(22)12-8-9-23-16(12)19-14(21)7-6-13(20)18-10-11-4-2-1-3-5-11/h1-5,8-9H,6-7,10H2,(H2,17,22)(H,18,20)(H,19,21). The number of carbonyl (C=O) groups is 3. The molecular weight excluding hydrogens is 314 g/mol. The lowest BCUT2D eigenvalue weighted by Gasteiger charge is -2.06. The van der Waals surface area contributed by atoms with E-state index in [4.69, 9.17) is 5.73 Å². The third-order valence-electron chi connectivity index (χ3n) is 3.10. The zero-order chi connectivity index (χ0) is 16.7. The monoisotopic (exact) mass is 331 g/mol. The molecule has 0 radical (unpaired) electrons. The number of benzene rings is 1. The Morgan fingerprint density at radius 3 is 2.39 bits per heavy atom. The molecule has 3 amide bonds. The second-order valence-electron chi connectivity index (χ2n) is 4.84. The average Bonchev–Trinajstić information content (AvgIpc) is 3.00. The van der Waals surface area contributed by atoms with Crippen LogP contribution in [0.25, 0.3) is 0 Å². The number of rotatable bonds is 7. The summed E-state index contributed by atoms with van der Waals surface area (Å²) in [4.78, 5) is 34.7. The van der Waals surface area contributed by atoms with Crippen molar-refractivity contribution in [2.75, 3.05) is 5.32 Å². The lowest BCUT2D eigenvalue weighted by Crippen LogP contribution is -2.24. The molecule has 7 heteroatoms. The fourth-order valence-electron chi connectivity index (χ4n) is 1.90. The van der Waals surface area contributed by atoms with Gasteiger partial charge in [-0.15, -0.1) is 11.3 Å². The number of nitrogens with two attached hydrogens (primary N) is 1. The number of primary amides is 1. The molecule has 0 aliphatic carbocycles. The van der Waals surface area contributed by atoms with E-state index in [1.807, 2.05) is 30.3 Å². The fraction of sp³-hybridized carbons (Fsp3) is 0.188. The fourth-order valence-corrected chi connectivity index (χ4v) is 2.71. The summed E-state index contributed by atoms with van der Waals surface area (Å²) in [6.07, 6.45) is 0.118. The van der Waals surface area contributed by atoms with Crippen LogP contribution in [0.2, 0.25) is 0 Å². The van der Waals surface area contributed by atoms with E-state index in [1.165, 1.54) is 11.3 Å². The van der Waals surface area contributed by atoms with E-state index in [9.17, 15) is 14.4 Å². The Morgan fingerprint density at radius 2 is 1.70 bits per heavy atom. The van der Waals surface area contributed by atoms with Crippen molar-refractivity contribution in [1.82, 2.24) is 5.32 Å². The number of thiophene rings is 1. The highest BCUT2D eigenvalue weighted by Crippen LogP contribution is 2.22. The van der Waals surface area contributed by atoms with Crippen LogP contribution in [0.15, 0.2) is 41.8 Å². The third kappa shape index (κ3) is 5.23. The number of carbonyl (C=O) groups excluding carboxylic acids is 3. The largest absolute Gasteiger partial charge is 0.366 e. The smallest absolute Gasteiger partial charge is 0.251 e. The van der Waals surface area contributed by atoms with E-state index in [-0.39, 0.29) is 30.2 Å². The Balaban J connectivity index is 1.74. The highest BCUT2D eigenvalue weighted by Gasteiger charge is 2.13. The highest BCUT2D eigenvalue weighted by molar-refractivity contribution is 7.14. The van der Waals surface area contributed by atoms with Crippen molar-refractivity contribution in [3.8, 4) is 0 Å². The Morgan fingerprint density at radius 1 is 1.00 bits per heavy atom. The molecule has 0 spiro atoms. The van der Waals surface area contributed by atoms with Gasteiger partial charge in [0.15, 0.2) is 0 Å². The van der Waals surface area contributed by atoms with E-state index < -0.39 is 5.91 Å². The molecule has 2 rings (SSSR count). The third-order valence-corrected chi connectivity index (χ3v) is 3.93. The zero-order valence-corrected chi connectivity index (χ0v) is 13.2. The van der Waals surface area contributed by atoms with Gasteiger partial charge in [0.1, 0.15) is 5.00 Å². The number of nitrogens with one attached hydrogen (secondary N) is 2. The van der Waals surface area contributed by atoms with Gasteiger partial charge in [-0.1, -0.05) is 30.3 Å². The summed E-state index contributed by atoms with van der Waals surface area (Å²) in [5, 5.41) is 7.43. The quantitative estimate of drug-likeness (QED) is 0.722. The normalized spacial score (nSPS) is 10.1. The summed E-state index contributed by atoms with van der Waals surface area (Å²) >= 11 is 1.21. The zero-order valence-electron chi connectivity index (χ0n) is 12.4. The van der Waals surface area contributed by atoms with Crippen molar-refractivity contribution in [3.05, 3.63) is 52.9 Å². The van der Waals surface area contributed by atoms with Crippen molar-refractivity contribution in [1.29, 1.82) is 0 Å².